The third kappa shape index (κ3) is 2.54. The molecule has 2 aliphatic carbocycles. The first-order valence-electron chi connectivity index (χ1n) is 7.06. The van der Waals surface area contributed by atoms with E-state index in [1.54, 1.807) is 11.3 Å². The molecule has 3 rings (SSSR count). The first-order chi connectivity index (χ1) is 8.69. The molecule has 0 spiro atoms. The van der Waals surface area contributed by atoms with Gasteiger partial charge in [0.1, 0.15) is 0 Å². The van der Waals surface area contributed by atoms with Crippen molar-refractivity contribution in [2.24, 2.45) is 5.92 Å². The van der Waals surface area contributed by atoms with Crippen molar-refractivity contribution in [2.75, 3.05) is 11.4 Å². The number of rotatable bonds is 6. The Kier molecular flexibility index (Phi) is 3.32. The Hall–Kier alpha value is -0.610. The van der Waals surface area contributed by atoms with E-state index in [1.165, 1.54) is 31.4 Å². The third-order valence-electron chi connectivity index (χ3n) is 3.62. The van der Waals surface area contributed by atoms with Crippen molar-refractivity contribution < 1.29 is 5.11 Å². The summed E-state index contributed by atoms with van der Waals surface area (Å²) in [6.07, 6.45) is 5.12. The summed E-state index contributed by atoms with van der Waals surface area (Å²) >= 11 is 1.71. The molecule has 0 atom stereocenters. The molecule has 1 aromatic heterocycles. The van der Waals surface area contributed by atoms with Crippen molar-refractivity contribution in [3.8, 4) is 0 Å². The van der Waals surface area contributed by atoms with Crippen LogP contribution in [0.25, 0.3) is 0 Å². The van der Waals surface area contributed by atoms with Gasteiger partial charge in [0.2, 0.25) is 0 Å². The molecule has 0 unspecified atom stereocenters. The summed E-state index contributed by atoms with van der Waals surface area (Å²) in [4.78, 5) is 8.41. The van der Waals surface area contributed by atoms with Gasteiger partial charge in [-0.05, 0) is 31.6 Å². The normalized spacial score (nSPS) is 19.6. The number of aliphatic hydroxyl groups is 1. The summed E-state index contributed by atoms with van der Waals surface area (Å²) in [5, 5.41) is 10.6. The molecule has 2 fully saturated rings. The molecule has 2 aliphatic rings. The van der Waals surface area contributed by atoms with Crippen LogP contribution in [0.4, 0.5) is 5.13 Å². The molecule has 18 heavy (non-hydrogen) atoms. The smallest absolute Gasteiger partial charge is 0.186 e. The van der Waals surface area contributed by atoms with E-state index < -0.39 is 0 Å². The van der Waals surface area contributed by atoms with E-state index in [-0.39, 0.29) is 6.61 Å². The largest absolute Gasteiger partial charge is 0.391 e. The lowest BCUT2D eigenvalue weighted by Crippen LogP contribution is -2.29. The lowest BCUT2D eigenvalue weighted by Gasteiger charge is -2.23. The Balaban J connectivity index is 1.84. The van der Waals surface area contributed by atoms with Gasteiger partial charge in [0.05, 0.1) is 17.2 Å². The number of anilines is 1. The molecule has 0 amide bonds. The molecule has 100 valence electrons. The Morgan fingerprint density at radius 2 is 2.06 bits per heavy atom. The number of aromatic nitrogens is 1. The van der Waals surface area contributed by atoms with Crippen molar-refractivity contribution in [1.82, 2.24) is 4.98 Å². The number of thiazole rings is 1. The van der Waals surface area contributed by atoms with Crippen LogP contribution in [-0.2, 0) is 6.61 Å². The average molecular weight is 266 g/mol. The number of hydrogen-bond donors (Lipinski definition) is 1. The number of nitrogens with zero attached hydrogens (tertiary/aromatic N) is 2. The van der Waals surface area contributed by atoms with E-state index >= 15 is 0 Å². The summed E-state index contributed by atoms with van der Waals surface area (Å²) in [7, 11) is 0. The Labute approximate surface area is 113 Å². The van der Waals surface area contributed by atoms with Gasteiger partial charge >= 0.3 is 0 Å². The van der Waals surface area contributed by atoms with Gasteiger partial charge in [-0.15, -0.1) is 0 Å². The van der Waals surface area contributed by atoms with Crippen molar-refractivity contribution >= 4 is 16.5 Å². The lowest BCUT2D eigenvalue weighted by molar-refractivity contribution is 0.284. The Morgan fingerprint density at radius 1 is 1.33 bits per heavy atom. The molecule has 4 heteroatoms. The van der Waals surface area contributed by atoms with E-state index in [9.17, 15) is 5.11 Å². The van der Waals surface area contributed by atoms with Gasteiger partial charge in [-0.1, -0.05) is 25.2 Å². The minimum absolute atomic E-state index is 0.156. The van der Waals surface area contributed by atoms with Crippen LogP contribution in [0, 0.1) is 5.92 Å². The zero-order valence-corrected chi connectivity index (χ0v) is 12.0. The third-order valence-corrected chi connectivity index (χ3v) is 4.71. The Bertz CT molecular complexity index is 421. The van der Waals surface area contributed by atoms with Crippen LogP contribution >= 0.6 is 11.3 Å². The van der Waals surface area contributed by atoms with Crippen molar-refractivity contribution in [3.05, 3.63) is 10.6 Å². The number of hydrogen-bond acceptors (Lipinski definition) is 4. The molecule has 1 aromatic rings. The molecule has 0 aliphatic heterocycles. The molecule has 0 saturated heterocycles. The van der Waals surface area contributed by atoms with Crippen LogP contribution in [0.3, 0.4) is 0 Å². The minimum atomic E-state index is 0.156. The highest BCUT2D eigenvalue weighted by Gasteiger charge is 2.34. The standard InChI is InChI=1S/C14H22N2OS/c1-9(2)7-16(11-5-6-11)14-15-13(10-3-4-10)12(8-17)18-14/h9-11,17H,3-8H2,1-2H3. The van der Waals surface area contributed by atoms with Gasteiger partial charge in [-0.3, -0.25) is 0 Å². The molecule has 3 nitrogen and oxygen atoms in total. The summed E-state index contributed by atoms with van der Waals surface area (Å²) in [5.74, 6) is 1.30. The van der Waals surface area contributed by atoms with Crippen molar-refractivity contribution in [1.29, 1.82) is 0 Å². The monoisotopic (exact) mass is 266 g/mol. The fourth-order valence-electron chi connectivity index (χ4n) is 2.43. The predicted molar refractivity (Wildman–Crippen MR) is 75.2 cm³/mol. The summed E-state index contributed by atoms with van der Waals surface area (Å²) in [6, 6.07) is 0.706. The van der Waals surface area contributed by atoms with Gasteiger partial charge in [-0.25, -0.2) is 4.98 Å². The van der Waals surface area contributed by atoms with Crippen LogP contribution in [0.1, 0.15) is 56.0 Å². The highest BCUT2D eigenvalue weighted by Crippen LogP contribution is 2.45. The van der Waals surface area contributed by atoms with Gasteiger partial charge in [0.25, 0.3) is 0 Å². The fourth-order valence-corrected chi connectivity index (χ4v) is 3.51. The quantitative estimate of drug-likeness (QED) is 0.859. The highest BCUT2D eigenvalue weighted by atomic mass is 32.1. The first kappa shape index (κ1) is 12.4. The SMILES string of the molecule is CC(C)CN(c1nc(C2CC2)c(CO)s1)C1CC1. The predicted octanol–water partition coefficient (Wildman–Crippen LogP) is 3.14. The summed E-state index contributed by atoms with van der Waals surface area (Å²) in [6.45, 7) is 5.77. The zero-order chi connectivity index (χ0) is 12.7. The molecule has 0 radical (unpaired) electrons. The van der Waals surface area contributed by atoms with E-state index in [4.69, 9.17) is 4.98 Å². The van der Waals surface area contributed by atoms with Gasteiger partial charge in [-0.2, -0.15) is 0 Å². The zero-order valence-electron chi connectivity index (χ0n) is 11.2. The lowest BCUT2D eigenvalue weighted by atomic mass is 10.2. The maximum Gasteiger partial charge on any atom is 0.186 e. The topological polar surface area (TPSA) is 36.4 Å². The summed E-state index contributed by atoms with van der Waals surface area (Å²) in [5.41, 5.74) is 1.19. The molecule has 2 saturated carbocycles. The molecule has 1 N–H and O–H groups in total. The minimum Gasteiger partial charge on any atom is -0.391 e. The van der Waals surface area contributed by atoms with Gasteiger partial charge in [0, 0.05) is 18.5 Å². The Morgan fingerprint density at radius 3 is 2.56 bits per heavy atom. The average Bonchev–Trinajstić information content (AvgIpc) is 3.22. The second-order valence-electron chi connectivity index (χ2n) is 6.01. The number of aliphatic hydroxyl groups excluding tert-OH is 1. The van der Waals surface area contributed by atoms with Crippen LogP contribution in [0.5, 0.6) is 0 Å². The van der Waals surface area contributed by atoms with Crippen LogP contribution in [0.2, 0.25) is 0 Å². The van der Waals surface area contributed by atoms with Crippen LogP contribution in [-0.4, -0.2) is 22.7 Å². The molecule has 1 heterocycles. The molecular formula is C14H22N2OS. The van der Waals surface area contributed by atoms with Crippen LogP contribution in [0.15, 0.2) is 0 Å². The molecule has 0 bridgehead atoms. The first-order valence-corrected chi connectivity index (χ1v) is 7.87. The van der Waals surface area contributed by atoms with E-state index in [1.807, 2.05) is 0 Å². The summed E-state index contributed by atoms with van der Waals surface area (Å²) < 4.78 is 0. The second-order valence-corrected chi connectivity index (χ2v) is 7.08. The fraction of sp³-hybridized carbons (Fsp3) is 0.786. The maximum atomic E-state index is 9.48. The van der Waals surface area contributed by atoms with Gasteiger partial charge < -0.3 is 10.0 Å². The van der Waals surface area contributed by atoms with Crippen LogP contribution < -0.4 is 4.90 Å². The maximum absolute atomic E-state index is 9.48. The van der Waals surface area contributed by atoms with Gasteiger partial charge in [0.15, 0.2) is 5.13 Å². The second kappa shape index (κ2) is 4.82. The molecule has 0 aromatic carbocycles. The van der Waals surface area contributed by atoms with E-state index in [0.29, 0.717) is 17.9 Å². The van der Waals surface area contributed by atoms with Crippen molar-refractivity contribution in [3.63, 3.8) is 0 Å². The van der Waals surface area contributed by atoms with E-state index in [0.717, 1.165) is 16.6 Å². The highest BCUT2D eigenvalue weighted by molar-refractivity contribution is 7.15. The molecular weight excluding hydrogens is 244 g/mol. The van der Waals surface area contributed by atoms with E-state index in [2.05, 4.69) is 18.7 Å². The van der Waals surface area contributed by atoms with Crippen molar-refractivity contribution in [2.45, 2.75) is 58.1 Å².